The maximum atomic E-state index is 12.9. The van der Waals surface area contributed by atoms with Crippen LogP contribution in [0.2, 0.25) is 0 Å². The minimum absolute atomic E-state index is 0.0774. The number of nitriles is 1. The van der Waals surface area contributed by atoms with Gasteiger partial charge in [-0.2, -0.15) is 5.26 Å². The second-order valence-electron chi connectivity index (χ2n) is 7.59. The Labute approximate surface area is 188 Å². The topological polar surface area (TPSA) is 104 Å². The number of nitrogens with one attached hydrogen (secondary N) is 2. The van der Waals surface area contributed by atoms with Crippen LogP contribution in [0, 0.1) is 17.2 Å². The summed E-state index contributed by atoms with van der Waals surface area (Å²) in [5.41, 5.74) is 1.45. The predicted molar refractivity (Wildman–Crippen MR) is 122 cm³/mol. The van der Waals surface area contributed by atoms with E-state index in [-0.39, 0.29) is 17.7 Å². The number of rotatable bonds is 8. The molecule has 2 amide bonds. The van der Waals surface area contributed by atoms with E-state index in [4.69, 9.17) is 14.7 Å². The zero-order chi connectivity index (χ0) is 22.9. The molecule has 8 nitrogen and oxygen atoms in total. The molecular formula is C24H28N4O4. The summed E-state index contributed by atoms with van der Waals surface area (Å²) >= 11 is 0. The van der Waals surface area contributed by atoms with Gasteiger partial charge in [-0.25, -0.2) is 0 Å². The monoisotopic (exact) mass is 436 g/mol. The molecule has 0 spiro atoms. The number of carbonyl (C=O) groups is 2. The lowest BCUT2D eigenvalue weighted by molar-refractivity contribution is -0.121. The molecule has 168 valence electrons. The largest absolute Gasteiger partial charge is 0.494 e. The highest BCUT2D eigenvalue weighted by molar-refractivity contribution is 6.05. The molecule has 0 saturated carbocycles. The molecular weight excluding hydrogens is 408 g/mol. The van der Waals surface area contributed by atoms with Gasteiger partial charge in [-0.05, 0) is 38.1 Å². The van der Waals surface area contributed by atoms with Gasteiger partial charge in [0.15, 0.2) is 0 Å². The van der Waals surface area contributed by atoms with Crippen LogP contribution >= 0.6 is 0 Å². The molecule has 0 aromatic heterocycles. The van der Waals surface area contributed by atoms with Crippen LogP contribution in [0.3, 0.4) is 0 Å². The number of hydrogen-bond acceptors (Lipinski definition) is 6. The van der Waals surface area contributed by atoms with E-state index in [1.165, 1.54) is 14.2 Å². The predicted octanol–water partition coefficient (Wildman–Crippen LogP) is 3.52. The first-order valence-corrected chi connectivity index (χ1v) is 10.6. The lowest BCUT2D eigenvalue weighted by Gasteiger charge is -2.30. The van der Waals surface area contributed by atoms with Crippen molar-refractivity contribution in [3.63, 3.8) is 0 Å². The van der Waals surface area contributed by atoms with Gasteiger partial charge in [0, 0.05) is 36.6 Å². The molecule has 1 heterocycles. The summed E-state index contributed by atoms with van der Waals surface area (Å²) in [7, 11) is 3.01. The van der Waals surface area contributed by atoms with E-state index in [9.17, 15) is 9.59 Å². The zero-order valence-electron chi connectivity index (χ0n) is 18.4. The summed E-state index contributed by atoms with van der Waals surface area (Å²) in [5, 5.41) is 14.5. The van der Waals surface area contributed by atoms with Crippen molar-refractivity contribution in [2.75, 3.05) is 44.5 Å². The smallest absolute Gasteiger partial charge is 0.255 e. The molecule has 1 fully saturated rings. The number of hydrogen-bond donors (Lipinski definition) is 2. The minimum atomic E-state index is -0.272. The molecule has 32 heavy (non-hydrogen) atoms. The van der Waals surface area contributed by atoms with Crippen molar-refractivity contribution in [1.29, 1.82) is 5.26 Å². The maximum Gasteiger partial charge on any atom is 0.255 e. The average molecular weight is 437 g/mol. The van der Waals surface area contributed by atoms with E-state index in [0.29, 0.717) is 34.9 Å². The quantitative estimate of drug-likeness (QED) is 0.656. The third-order valence-electron chi connectivity index (χ3n) is 5.56. The highest BCUT2D eigenvalue weighted by Crippen LogP contribution is 2.37. The Kier molecular flexibility index (Phi) is 8.06. The van der Waals surface area contributed by atoms with Crippen molar-refractivity contribution >= 4 is 23.2 Å². The van der Waals surface area contributed by atoms with Crippen LogP contribution in [0.1, 0.15) is 29.6 Å². The number of carbonyl (C=O) groups excluding carboxylic acids is 2. The first-order valence-electron chi connectivity index (χ1n) is 10.6. The van der Waals surface area contributed by atoms with Crippen molar-refractivity contribution in [1.82, 2.24) is 4.90 Å². The third kappa shape index (κ3) is 5.77. The van der Waals surface area contributed by atoms with E-state index in [1.807, 2.05) is 6.07 Å². The van der Waals surface area contributed by atoms with Crippen molar-refractivity contribution < 1.29 is 19.1 Å². The first kappa shape index (κ1) is 23.1. The molecule has 1 aliphatic heterocycles. The van der Waals surface area contributed by atoms with Crippen LogP contribution < -0.4 is 20.1 Å². The Balaban J connectivity index is 1.70. The Morgan fingerprint density at radius 3 is 2.19 bits per heavy atom. The number of nitrogens with zero attached hydrogens (tertiary/aromatic N) is 2. The molecule has 0 bridgehead atoms. The number of amides is 2. The Hall–Kier alpha value is -3.57. The summed E-state index contributed by atoms with van der Waals surface area (Å²) in [6.45, 7) is 2.33. The van der Waals surface area contributed by atoms with E-state index < -0.39 is 0 Å². The fraction of sp³-hybridized carbons (Fsp3) is 0.375. The highest BCUT2D eigenvalue weighted by atomic mass is 16.5. The molecule has 2 N–H and O–H groups in total. The van der Waals surface area contributed by atoms with Crippen LogP contribution in [0.5, 0.6) is 11.5 Å². The molecule has 0 aliphatic carbocycles. The number of methoxy groups -OCH3 is 2. The van der Waals surface area contributed by atoms with Crippen LogP contribution in [0.25, 0.3) is 0 Å². The second kappa shape index (κ2) is 11.2. The Bertz CT molecular complexity index is 979. The SMILES string of the molecule is COc1cc(NC(=O)C2CCN(CCC#N)CC2)c(OC)cc1NC(=O)c1ccccc1. The maximum absolute atomic E-state index is 12.9. The fourth-order valence-electron chi connectivity index (χ4n) is 3.74. The minimum Gasteiger partial charge on any atom is -0.494 e. The van der Waals surface area contributed by atoms with Crippen molar-refractivity contribution in [3.05, 3.63) is 48.0 Å². The molecule has 2 aromatic carbocycles. The van der Waals surface area contributed by atoms with Gasteiger partial charge in [0.05, 0.1) is 31.7 Å². The lowest BCUT2D eigenvalue weighted by Crippen LogP contribution is -2.38. The van der Waals surface area contributed by atoms with Gasteiger partial charge >= 0.3 is 0 Å². The van der Waals surface area contributed by atoms with Crippen molar-refractivity contribution in [2.45, 2.75) is 19.3 Å². The lowest BCUT2D eigenvalue weighted by atomic mass is 9.95. The normalized spacial score (nSPS) is 14.3. The Morgan fingerprint density at radius 1 is 1.03 bits per heavy atom. The molecule has 8 heteroatoms. The van der Waals surface area contributed by atoms with Crippen molar-refractivity contribution in [2.24, 2.45) is 5.92 Å². The number of ether oxygens (including phenoxy) is 2. The fourth-order valence-corrected chi connectivity index (χ4v) is 3.74. The van der Waals surface area contributed by atoms with Gasteiger partial charge in [-0.1, -0.05) is 18.2 Å². The van der Waals surface area contributed by atoms with E-state index in [0.717, 1.165) is 32.5 Å². The zero-order valence-corrected chi connectivity index (χ0v) is 18.4. The molecule has 1 aliphatic rings. The number of anilines is 2. The summed E-state index contributed by atoms with van der Waals surface area (Å²) in [4.78, 5) is 27.6. The van der Waals surface area contributed by atoms with E-state index >= 15 is 0 Å². The van der Waals surface area contributed by atoms with Gasteiger partial charge in [0.25, 0.3) is 5.91 Å². The Morgan fingerprint density at radius 2 is 1.62 bits per heavy atom. The van der Waals surface area contributed by atoms with Gasteiger partial charge in [-0.3, -0.25) is 9.59 Å². The molecule has 0 radical (unpaired) electrons. The van der Waals surface area contributed by atoms with Crippen LogP contribution in [-0.2, 0) is 4.79 Å². The van der Waals surface area contributed by atoms with Gasteiger partial charge in [0.2, 0.25) is 5.91 Å². The van der Waals surface area contributed by atoms with E-state index in [2.05, 4.69) is 21.6 Å². The molecule has 0 unspecified atom stereocenters. The van der Waals surface area contributed by atoms with Crippen molar-refractivity contribution in [3.8, 4) is 17.6 Å². The van der Waals surface area contributed by atoms with Gasteiger partial charge < -0.3 is 25.0 Å². The first-order chi connectivity index (χ1) is 15.5. The summed E-state index contributed by atoms with van der Waals surface area (Å²) in [5.74, 6) is 0.379. The van der Waals surface area contributed by atoms with Gasteiger partial charge in [0.1, 0.15) is 11.5 Å². The summed E-state index contributed by atoms with van der Waals surface area (Å²) in [6.07, 6.45) is 1.98. The molecule has 2 aromatic rings. The van der Waals surface area contributed by atoms with Crippen LogP contribution in [0.15, 0.2) is 42.5 Å². The second-order valence-corrected chi connectivity index (χ2v) is 7.59. The molecule has 0 atom stereocenters. The number of benzene rings is 2. The van der Waals surface area contributed by atoms with Crippen LogP contribution in [0.4, 0.5) is 11.4 Å². The summed E-state index contributed by atoms with van der Waals surface area (Å²) < 4.78 is 10.9. The van der Waals surface area contributed by atoms with Gasteiger partial charge in [-0.15, -0.1) is 0 Å². The summed E-state index contributed by atoms with van der Waals surface area (Å²) in [6, 6.07) is 14.3. The number of likely N-dealkylation sites (tertiary alicyclic amines) is 1. The van der Waals surface area contributed by atoms with Crippen LogP contribution in [-0.4, -0.2) is 50.6 Å². The highest BCUT2D eigenvalue weighted by Gasteiger charge is 2.26. The molecule has 1 saturated heterocycles. The third-order valence-corrected chi connectivity index (χ3v) is 5.56. The average Bonchev–Trinajstić information content (AvgIpc) is 2.84. The standard InChI is InChI=1S/C24H28N4O4/c1-31-21-16-20(27-24(30)18-9-13-28(14-10-18)12-6-11-25)22(32-2)15-19(21)26-23(29)17-7-4-3-5-8-17/h3-5,7-8,15-16,18H,6,9-10,12-14H2,1-2H3,(H,26,29)(H,27,30). The molecule has 3 rings (SSSR count). The number of piperidine rings is 1. The van der Waals surface area contributed by atoms with E-state index in [1.54, 1.807) is 36.4 Å².